The molecule has 0 radical (unpaired) electrons. The van der Waals surface area contributed by atoms with Crippen molar-refractivity contribution in [1.29, 1.82) is 0 Å². The molecule has 138 valence electrons. The van der Waals surface area contributed by atoms with Crippen LogP contribution in [0.2, 0.25) is 5.02 Å². The largest absolute Gasteiger partial charge is 0.488 e. The van der Waals surface area contributed by atoms with Crippen LogP contribution in [0.3, 0.4) is 0 Å². The summed E-state index contributed by atoms with van der Waals surface area (Å²) in [6.07, 6.45) is 3.15. The summed E-state index contributed by atoms with van der Waals surface area (Å²) >= 11 is 8.31. The first kappa shape index (κ1) is 19.4. The van der Waals surface area contributed by atoms with Crippen molar-refractivity contribution in [3.8, 4) is 5.75 Å². The highest BCUT2D eigenvalue weighted by Gasteiger charge is 2.32. The lowest BCUT2D eigenvalue weighted by Gasteiger charge is -2.10. The fourth-order valence-corrected chi connectivity index (χ4v) is 3.41. The summed E-state index contributed by atoms with van der Waals surface area (Å²) in [6.45, 7) is 4.09. The molecular weight excluding hydrogens is 479 g/mol. The first-order valence-corrected chi connectivity index (χ1v) is 9.56. The molecule has 2 aromatic rings. The Morgan fingerprint density at radius 3 is 2.70 bits per heavy atom. The molecule has 0 aromatic heterocycles. The molecule has 0 unspecified atom stereocenters. The van der Waals surface area contributed by atoms with Gasteiger partial charge in [-0.05, 0) is 52.4 Å². The van der Waals surface area contributed by atoms with E-state index in [4.69, 9.17) is 16.3 Å². The fraction of sp³-hybridized carbons (Fsp3) is 0.100. The van der Waals surface area contributed by atoms with Crippen molar-refractivity contribution >= 4 is 52.2 Å². The van der Waals surface area contributed by atoms with Gasteiger partial charge in [0.1, 0.15) is 18.1 Å². The minimum atomic E-state index is -0.444. The molecule has 2 aromatic carbocycles. The molecule has 0 atom stereocenters. The second-order valence-electron chi connectivity index (χ2n) is 5.76. The monoisotopic (exact) mass is 494 g/mol. The van der Waals surface area contributed by atoms with Gasteiger partial charge in [-0.1, -0.05) is 41.9 Å². The van der Waals surface area contributed by atoms with E-state index in [1.165, 1.54) is 6.08 Å². The Kier molecular flexibility index (Phi) is 6.18. The first-order chi connectivity index (χ1) is 13.0. The quantitative estimate of drug-likeness (QED) is 0.276. The summed E-state index contributed by atoms with van der Waals surface area (Å²) in [6, 6.07) is 12.6. The van der Waals surface area contributed by atoms with Crippen molar-refractivity contribution in [1.82, 2.24) is 10.2 Å². The van der Waals surface area contributed by atoms with E-state index in [0.717, 1.165) is 19.6 Å². The SMILES string of the molecule is C=CCN1C(=O)N/C(=C/c2ccc(OCc3ccccc3Cl)c(I)c2)C1=O. The first-order valence-electron chi connectivity index (χ1n) is 8.11. The highest BCUT2D eigenvalue weighted by atomic mass is 127. The molecule has 1 N–H and O–H groups in total. The maximum atomic E-state index is 12.2. The van der Waals surface area contributed by atoms with E-state index in [-0.39, 0.29) is 18.1 Å². The maximum absolute atomic E-state index is 12.2. The van der Waals surface area contributed by atoms with Crippen molar-refractivity contribution in [2.45, 2.75) is 6.61 Å². The van der Waals surface area contributed by atoms with Gasteiger partial charge in [0, 0.05) is 17.1 Å². The Morgan fingerprint density at radius 2 is 2.00 bits per heavy atom. The van der Waals surface area contributed by atoms with E-state index >= 15 is 0 Å². The van der Waals surface area contributed by atoms with E-state index in [1.807, 2.05) is 42.5 Å². The van der Waals surface area contributed by atoms with Crippen molar-refractivity contribution in [3.63, 3.8) is 0 Å². The maximum Gasteiger partial charge on any atom is 0.329 e. The number of urea groups is 1. The van der Waals surface area contributed by atoms with Gasteiger partial charge in [0.2, 0.25) is 0 Å². The summed E-state index contributed by atoms with van der Waals surface area (Å²) in [5, 5.41) is 3.24. The summed E-state index contributed by atoms with van der Waals surface area (Å²) in [7, 11) is 0. The standard InChI is InChI=1S/C20H16ClIN2O3/c1-2-9-24-19(25)17(23-20(24)26)11-13-7-8-18(16(22)10-13)27-12-14-5-3-4-6-15(14)21/h2-8,10-11H,1,9,12H2,(H,23,26)/b17-11+. The van der Waals surface area contributed by atoms with Gasteiger partial charge in [0.15, 0.2) is 0 Å². The molecule has 5 nitrogen and oxygen atoms in total. The molecule has 1 saturated heterocycles. The highest BCUT2D eigenvalue weighted by molar-refractivity contribution is 14.1. The van der Waals surface area contributed by atoms with Crippen LogP contribution < -0.4 is 10.1 Å². The Balaban J connectivity index is 1.73. The topological polar surface area (TPSA) is 58.6 Å². The lowest BCUT2D eigenvalue weighted by Crippen LogP contribution is -2.30. The van der Waals surface area contributed by atoms with Crippen LogP contribution in [-0.2, 0) is 11.4 Å². The minimum absolute atomic E-state index is 0.175. The fourth-order valence-electron chi connectivity index (χ4n) is 2.53. The second kappa shape index (κ2) is 8.58. The molecule has 3 amide bonds. The Hall–Kier alpha value is -2.32. The highest BCUT2D eigenvalue weighted by Crippen LogP contribution is 2.26. The number of carbonyl (C=O) groups is 2. The number of hydrogen-bond acceptors (Lipinski definition) is 3. The third-order valence-corrected chi connectivity index (χ3v) is 5.09. The molecule has 1 aliphatic heterocycles. The van der Waals surface area contributed by atoms with Gasteiger partial charge >= 0.3 is 6.03 Å². The predicted octanol–water partition coefficient (Wildman–Crippen LogP) is 4.60. The van der Waals surface area contributed by atoms with Crippen molar-refractivity contribution in [2.24, 2.45) is 0 Å². The van der Waals surface area contributed by atoms with Gasteiger partial charge in [0.25, 0.3) is 5.91 Å². The van der Waals surface area contributed by atoms with Gasteiger partial charge < -0.3 is 10.1 Å². The molecule has 1 aliphatic rings. The second-order valence-corrected chi connectivity index (χ2v) is 7.33. The van der Waals surface area contributed by atoms with Crippen LogP contribution in [0.25, 0.3) is 6.08 Å². The van der Waals surface area contributed by atoms with Gasteiger partial charge in [0.05, 0.1) is 3.57 Å². The number of benzene rings is 2. The van der Waals surface area contributed by atoms with Gasteiger partial charge in [-0.2, -0.15) is 0 Å². The lowest BCUT2D eigenvalue weighted by molar-refractivity contribution is -0.122. The predicted molar refractivity (Wildman–Crippen MR) is 113 cm³/mol. The van der Waals surface area contributed by atoms with Gasteiger partial charge in [-0.3, -0.25) is 9.69 Å². The number of imide groups is 1. The average molecular weight is 495 g/mol. The summed E-state index contributed by atoms with van der Waals surface area (Å²) in [5.74, 6) is 0.349. The third kappa shape index (κ3) is 4.51. The lowest BCUT2D eigenvalue weighted by atomic mass is 10.2. The van der Waals surface area contributed by atoms with E-state index in [1.54, 1.807) is 6.08 Å². The number of carbonyl (C=O) groups excluding carboxylic acids is 2. The molecule has 3 rings (SSSR count). The molecule has 0 spiro atoms. The van der Waals surface area contributed by atoms with Crippen LogP contribution in [-0.4, -0.2) is 23.4 Å². The van der Waals surface area contributed by atoms with Gasteiger partial charge in [-0.25, -0.2) is 4.79 Å². The molecule has 1 heterocycles. The van der Waals surface area contributed by atoms with E-state index in [0.29, 0.717) is 17.4 Å². The Labute approximate surface area is 175 Å². The number of amides is 3. The van der Waals surface area contributed by atoms with Crippen molar-refractivity contribution < 1.29 is 14.3 Å². The molecule has 7 heteroatoms. The van der Waals surface area contributed by atoms with E-state index < -0.39 is 6.03 Å². The van der Waals surface area contributed by atoms with Crippen LogP contribution in [0.15, 0.2) is 60.8 Å². The summed E-state index contributed by atoms with van der Waals surface area (Å²) in [5.41, 5.74) is 1.93. The van der Waals surface area contributed by atoms with Crippen LogP contribution in [0.1, 0.15) is 11.1 Å². The zero-order valence-electron chi connectivity index (χ0n) is 14.2. The minimum Gasteiger partial charge on any atom is -0.488 e. The zero-order valence-corrected chi connectivity index (χ0v) is 17.2. The number of nitrogens with one attached hydrogen (secondary N) is 1. The van der Waals surface area contributed by atoms with Crippen molar-refractivity contribution in [2.75, 3.05) is 6.54 Å². The van der Waals surface area contributed by atoms with Crippen LogP contribution in [0.4, 0.5) is 4.79 Å². The van der Waals surface area contributed by atoms with Crippen LogP contribution in [0.5, 0.6) is 5.75 Å². The molecular formula is C20H16ClIN2O3. The Bertz CT molecular complexity index is 943. The molecule has 0 aliphatic carbocycles. The normalized spacial score (nSPS) is 15.2. The van der Waals surface area contributed by atoms with E-state index in [9.17, 15) is 9.59 Å². The number of halogens is 2. The number of ether oxygens (including phenoxy) is 1. The van der Waals surface area contributed by atoms with Crippen molar-refractivity contribution in [3.05, 3.63) is 80.5 Å². The molecule has 27 heavy (non-hydrogen) atoms. The summed E-state index contributed by atoms with van der Waals surface area (Å²) < 4.78 is 6.73. The smallest absolute Gasteiger partial charge is 0.329 e. The summed E-state index contributed by atoms with van der Waals surface area (Å²) in [4.78, 5) is 25.2. The molecule has 0 bridgehead atoms. The Morgan fingerprint density at radius 1 is 1.22 bits per heavy atom. The number of hydrogen-bond donors (Lipinski definition) is 1. The molecule has 0 saturated carbocycles. The zero-order chi connectivity index (χ0) is 19.4. The molecule has 1 fully saturated rings. The van der Waals surface area contributed by atoms with Crippen LogP contribution in [0, 0.1) is 3.57 Å². The third-order valence-electron chi connectivity index (χ3n) is 3.88. The number of nitrogens with zero attached hydrogens (tertiary/aromatic N) is 1. The van der Waals surface area contributed by atoms with Crippen LogP contribution >= 0.6 is 34.2 Å². The van der Waals surface area contributed by atoms with E-state index in [2.05, 4.69) is 34.5 Å². The average Bonchev–Trinajstić information content (AvgIpc) is 2.90. The van der Waals surface area contributed by atoms with Gasteiger partial charge in [-0.15, -0.1) is 6.58 Å². The number of rotatable bonds is 6.